The van der Waals surface area contributed by atoms with Crippen LogP contribution in [0.5, 0.6) is 0 Å². The largest absolute Gasteiger partial charge is 0.370 e. The molecule has 4 rings (SSSR count). The van der Waals surface area contributed by atoms with E-state index in [-0.39, 0.29) is 51.2 Å². The van der Waals surface area contributed by atoms with Crippen molar-refractivity contribution >= 4 is 88.3 Å². The molecule has 0 bridgehead atoms. The highest BCUT2D eigenvalue weighted by atomic mass is 35.5. The zero-order valence-electron chi connectivity index (χ0n) is 27.7. The number of sulfonamides is 2. The normalized spacial score (nSPS) is 13.3. The van der Waals surface area contributed by atoms with Crippen molar-refractivity contribution in [2.75, 3.05) is 0 Å². The van der Waals surface area contributed by atoms with Crippen LogP contribution >= 0.6 is 23.2 Å². The number of nitrogens with two attached hydrogens (primary N) is 4. The van der Waals surface area contributed by atoms with Gasteiger partial charge in [-0.05, 0) is 43.0 Å². The molecule has 20 heteroatoms. The van der Waals surface area contributed by atoms with Crippen LogP contribution < -0.4 is 32.4 Å². The van der Waals surface area contributed by atoms with E-state index >= 15 is 0 Å². The highest BCUT2D eigenvalue weighted by molar-refractivity contribution is 7.89. The number of hydrogen-bond donors (Lipinski definition) is 8. The fourth-order valence-corrected chi connectivity index (χ4v) is 7.59. The molecule has 0 fully saturated rings. The van der Waals surface area contributed by atoms with Gasteiger partial charge in [-0.25, -0.2) is 36.2 Å². The minimum absolute atomic E-state index is 0.0959. The van der Waals surface area contributed by atoms with Crippen LogP contribution in [0.1, 0.15) is 34.6 Å². The zero-order chi connectivity index (χ0) is 37.7. The summed E-state index contributed by atoms with van der Waals surface area (Å²) in [6.45, 7) is 9.01. The number of aliphatic imine (C=N–C) groups is 2. The van der Waals surface area contributed by atoms with E-state index in [0.717, 1.165) is 0 Å². The number of rotatable bonds is 11. The number of nitrogens with zero attached hydrogens (tertiary/aromatic N) is 4. The fraction of sp³-hybridized carbons (Fsp3) is 0.333. The Morgan fingerprint density at radius 2 is 1.08 bits per heavy atom. The van der Waals surface area contributed by atoms with E-state index in [0.29, 0.717) is 31.6 Å². The second-order valence-corrected chi connectivity index (χ2v) is 16.0. The first-order valence-electron chi connectivity index (χ1n) is 14.9. The summed E-state index contributed by atoms with van der Waals surface area (Å²) in [5.74, 6) is -0.277. The van der Waals surface area contributed by atoms with Crippen LogP contribution in [0.2, 0.25) is 10.0 Å². The number of hydrogen-bond acceptors (Lipinski definition) is 10. The quantitative estimate of drug-likeness (QED) is 0.0620. The van der Waals surface area contributed by atoms with E-state index < -0.39 is 32.4 Å². The van der Waals surface area contributed by atoms with Crippen LogP contribution in [0.15, 0.2) is 68.6 Å². The predicted octanol–water partition coefficient (Wildman–Crippen LogP) is 2.52. The van der Waals surface area contributed by atoms with Gasteiger partial charge >= 0.3 is 0 Å². The summed E-state index contributed by atoms with van der Waals surface area (Å²) < 4.78 is 55.3. The summed E-state index contributed by atoms with van der Waals surface area (Å²) >= 11 is 12.2. The highest BCUT2D eigenvalue weighted by Gasteiger charge is 2.28. The van der Waals surface area contributed by atoms with Gasteiger partial charge in [0.2, 0.25) is 20.0 Å². The van der Waals surface area contributed by atoms with E-state index in [9.17, 15) is 27.0 Å². The summed E-state index contributed by atoms with van der Waals surface area (Å²) in [6.07, 6.45) is 0.923. The van der Waals surface area contributed by atoms with Crippen LogP contribution in [-0.2, 0) is 20.0 Å². The number of aromatic nitrogens is 2. The van der Waals surface area contributed by atoms with Gasteiger partial charge in [-0.15, -0.1) is 0 Å². The van der Waals surface area contributed by atoms with Gasteiger partial charge in [-0.2, -0.15) is 9.98 Å². The minimum atomic E-state index is -4.05. The molecule has 0 radical (unpaired) electrons. The highest BCUT2D eigenvalue weighted by Crippen LogP contribution is 2.33. The first-order valence-corrected chi connectivity index (χ1v) is 18.6. The van der Waals surface area contributed by atoms with Crippen molar-refractivity contribution in [3.8, 4) is 0 Å². The molecular formula is C30H40Cl2N10O6S2. The van der Waals surface area contributed by atoms with E-state index in [1.54, 1.807) is 19.9 Å². The second kappa shape index (κ2) is 16.4. The lowest BCUT2D eigenvalue weighted by Gasteiger charge is -2.23. The fourth-order valence-electron chi connectivity index (χ4n) is 4.34. The average Bonchev–Trinajstić information content (AvgIpc) is 3.01. The number of guanidine groups is 2. The van der Waals surface area contributed by atoms with Crippen LogP contribution in [-0.4, -0.2) is 67.3 Å². The summed E-state index contributed by atoms with van der Waals surface area (Å²) in [6, 6.07) is 7.44. The molecule has 0 unspecified atom stereocenters. The van der Waals surface area contributed by atoms with Gasteiger partial charge in [0.05, 0.1) is 25.9 Å². The lowest BCUT2D eigenvalue weighted by atomic mass is 10.1. The SMILES string of the molecule is CC(C)[C@@H](NS(=O)(=O)c1ccc2c(Cl)cnc(N=C(N)N)c2c1)C(O)O.CC(C)[C@H](C)NS(=O)(=O)c1ccc2c(Cl)cnc(N=C(N)N)c2c1. The molecule has 2 aromatic carbocycles. The lowest BCUT2D eigenvalue weighted by molar-refractivity contribution is -0.0718. The summed E-state index contributed by atoms with van der Waals surface area (Å²) in [5.41, 5.74) is 21.6. The van der Waals surface area contributed by atoms with Crippen molar-refractivity contribution < 1.29 is 27.0 Å². The number of aliphatic hydroxyl groups is 2. The topological polar surface area (TPSA) is 287 Å². The Kier molecular flexibility index (Phi) is 13.3. The number of nitrogens with one attached hydrogen (secondary N) is 2. The smallest absolute Gasteiger partial charge is 0.241 e. The molecule has 12 N–H and O–H groups in total. The first kappa shape index (κ1) is 40.5. The monoisotopic (exact) mass is 770 g/mol. The third-order valence-electron chi connectivity index (χ3n) is 7.34. The molecule has 0 aliphatic rings. The maximum absolute atomic E-state index is 12.6. The number of benzene rings is 2. The molecule has 2 atom stereocenters. The number of halogens is 2. The van der Waals surface area contributed by atoms with Gasteiger partial charge in [-0.1, -0.05) is 63.0 Å². The summed E-state index contributed by atoms with van der Waals surface area (Å²) in [5, 5.41) is 21.4. The molecular weight excluding hydrogens is 731 g/mol. The first-order chi connectivity index (χ1) is 23.1. The molecule has 0 saturated carbocycles. The predicted molar refractivity (Wildman–Crippen MR) is 196 cm³/mol. The van der Waals surface area contributed by atoms with Crippen molar-refractivity contribution in [3.05, 3.63) is 58.8 Å². The Morgan fingerprint density at radius 3 is 1.42 bits per heavy atom. The van der Waals surface area contributed by atoms with Gasteiger partial charge < -0.3 is 33.1 Å². The molecule has 2 heterocycles. The van der Waals surface area contributed by atoms with Crippen LogP contribution in [0.3, 0.4) is 0 Å². The van der Waals surface area contributed by atoms with Gasteiger partial charge in [0.1, 0.15) is 0 Å². The Hall–Kier alpha value is -3.88. The van der Waals surface area contributed by atoms with Crippen molar-refractivity contribution in [3.63, 3.8) is 0 Å². The van der Waals surface area contributed by atoms with Crippen molar-refractivity contribution in [2.24, 2.45) is 44.8 Å². The standard InChI is InChI=1S/C15H20ClN5O4S.C15H20ClN5O2S/c1-7(2)12(14(22)23)21-26(24,25)8-3-4-9-10(5-8)13(20-15(17)18)19-6-11(9)16;1-8(2)9(3)21-24(22,23)10-4-5-11-12(6-10)14(20-15(17)18)19-7-13(11)16/h3-7,12,14,21-23H,1-2H3,(H4,17,18,19,20);4-9,21H,1-3H3,(H4,17,18,19,20)/t12-;9-/m10/s1. The molecule has 0 aliphatic carbocycles. The second-order valence-electron chi connectivity index (χ2n) is 11.8. The molecule has 0 spiro atoms. The number of fused-ring (bicyclic) bond motifs is 2. The molecule has 272 valence electrons. The Labute approximate surface area is 300 Å². The molecule has 0 amide bonds. The molecule has 0 saturated heterocycles. The van der Waals surface area contributed by atoms with E-state index in [1.165, 1.54) is 42.7 Å². The third kappa shape index (κ3) is 10.1. The van der Waals surface area contributed by atoms with E-state index in [4.69, 9.17) is 46.1 Å². The Morgan fingerprint density at radius 1 is 0.680 bits per heavy atom. The Balaban J connectivity index is 0.000000271. The van der Waals surface area contributed by atoms with Gasteiger partial charge in [0.25, 0.3) is 0 Å². The Bertz CT molecular complexity index is 2130. The molecule has 50 heavy (non-hydrogen) atoms. The van der Waals surface area contributed by atoms with Gasteiger partial charge in [0.15, 0.2) is 29.8 Å². The molecule has 16 nitrogen and oxygen atoms in total. The van der Waals surface area contributed by atoms with Crippen molar-refractivity contribution in [1.29, 1.82) is 0 Å². The minimum Gasteiger partial charge on any atom is -0.370 e. The van der Waals surface area contributed by atoms with Crippen molar-refractivity contribution in [1.82, 2.24) is 19.4 Å². The van der Waals surface area contributed by atoms with E-state index in [1.807, 2.05) is 20.8 Å². The maximum Gasteiger partial charge on any atom is 0.241 e. The van der Waals surface area contributed by atoms with Crippen LogP contribution in [0.4, 0.5) is 11.6 Å². The third-order valence-corrected chi connectivity index (χ3v) is 11.0. The van der Waals surface area contributed by atoms with Crippen LogP contribution in [0.25, 0.3) is 21.5 Å². The summed E-state index contributed by atoms with van der Waals surface area (Å²) in [4.78, 5) is 15.9. The van der Waals surface area contributed by atoms with Gasteiger partial charge in [-0.3, -0.25) is 0 Å². The molecule has 0 aliphatic heterocycles. The number of pyridine rings is 2. The van der Waals surface area contributed by atoms with E-state index in [2.05, 4.69) is 29.4 Å². The maximum atomic E-state index is 12.6. The molecule has 4 aromatic rings. The van der Waals surface area contributed by atoms with Gasteiger partial charge in [0, 0.05) is 40.0 Å². The number of aliphatic hydroxyl groups excluding tert-OH is 1. The van der Waals surface area contributed by atoms with Crippen molar-refractivity contribution in [2.45, 2.75) is 62.8 Å². The van der Waals surface area contributed by atoms with Crippen LogP contribution in [0, 0.1) is 11.8 Å². The average molecular weight is 772 g/mol. The lowest BCUT2D eigenvalue weighted by Crippen LogP contribution is -2.46. The summed E-state index contributed by atoms with van der Waals surface area (Å²) in [7, 11) is -7.74. The zero-order valence-corrected chi connectivity index (χ0v) is 30.8. The molecule has 2 aromatic heterocycles.